The first-order chi connectivity index (χ1) is 13.0. The van der Waals surface area contributed by atoms with Crippen LogP contribution in [0.1, 0.15) is 19.8 Å². The number of nitrogens with one attached hydrogen (secondary N) is 4. The molecule has 4 amide bonds. The predicted octanol–water partition coefficient (Wildman–Crippen LogP) is -0.507. The monoisotopic (exact) mass is 377 g/mol. The predicted molar refractivity (Wildman–Crippen MR) is 96.7 cm³/mol. The van der Waals surface area contributed by atoms with E-state index in [0.29, 0.717) is 43.1 Å². The largest absolute Gasteiger partial charge is 0.454 e. The fourth-order valence-electron chi connectivity index (χ4n) is 3.37. The van der Waals surface area contributed by atoms with Gasteiger partial charge in [0, 0.05) is 37.6 Å². The van der Waals surface area contributed by atoms with E-state index in [2.05, 4.69) is 16.0 Å². The van der Waals surface area contributed by atoms with Crippen molar-refractivity contribution in [3.63, 3.8) is 0 Å². The van der Waals surface area contributed by atoms with Crippen LogP contribution in [0.3, 0.4) is 0 Å². The summed E-state index contributed by atoms with van der Waals surface area (Å²) >= 11 is 0. The molecule has 1 aromatic rings. The van der Waals surface area contributed by atoms with E-state index in [-0.39, 0.29) is 30.6 Å². The number of hydrogen-bond donors (Lipinski definition) is 4. The fourth-order valence-corrected chi connectivity index (χ4v) is 3.37. The van der Waals surface area contributed by atoms with Crippen LogP contribution in [-0.4, -0.2) is 50.8 Å². The maximum Gasteiger partial charge on any atom is 0.321 e. The second-order valence-electron chi connectivity index (χ2n) is 6.78. The Morgan fingerprint density at radius 3 is 2.56 bits per heavy atom. The second kappa shape index (κ2) is 8.26. The Morgan fingerprint density at radius 2 is 1.85 bits per heavy atom. The molecule has 2 aliphatic heterocycles. The van der Waals surface area contributed by atoms with E-state index < -0.39 is 6.03 Å². The zero-order chi connectivity index (χ0) is 19.4. The first-order valence-electron chi connectivity index (χ1n) is 9.05. The third-order valence-electron chi connectivity index (χ3n) is 5.11. The van der Waals surface area contributed by atoms with Crippen LogP contribution < -0.4 is 30.3 Å². The normalized spacial score (nSPS) is 21.9. The number of anilines is 1. The molecule has 146 valence electrons. The van der Waals surface area contributed by atoms with Crippen molar-refractivity contribution in [1.29, 1.82) is 0 Å². The molecule has 1 atom stereocenters. The van der Waals surface area contributed by atoms with Crippen molar-refractivity contribution in [2.45, 2.75) is 25.8 Å². The van der Waals surface area contributed by atoms with Gasteiger partial charge in [-0.15, -0.1) is 0 Å². The highest BCUT2D eigenvalue weighted by molar-refractivity contribution is 5.96. The number of likely N-dealkylation sites (tertiary alicyclic amines) is 1. The number of carbonyl (C=O) groups excluding carboxylic acids is 3. The summed E-state index contributed by atoms with van der Waals surface area (Å²) in [7, 11) is 1.46. The van der Waals surface area contributed by atoms with Gasteiger partial charge >= 0.3 is 6.03 Å². The van der Waals surface area contributed by atoms with Crippen LogP contribution in [-0.2, 0) is 9.59 Å². The summed E-state index contributed by atoms with van der Waals surface area (Å²) < 4.78 is 10.6. The average Bonchev–Trinajstić information content (AvgIpc) is 3.15. The molecule has 27 heavy (non-hydrogen) atoms. The molecule has 1 saturated heterocycles. The van der Waals surface area contributed by atoms with E-state index in [0.717, 1.165) is 4.90 Å². The van der Waals surface area contributed by atoms with Gasteiger partial charge in [0.05, 0.1) is 13.1 Å². The van der Waals surface area contributed by atoms with Crippen LogP contribution in [0.15, 0.2) is 18.2 Å². The molecule has 0 radical (unpaired) electrons. The van der Waals surface area contributed by atoms with E-state index in [1.54, 1.807) is 25.1 Å². The van der Waals surface area contributed by atoms with Gasteiger partial charge in [-0.05, 0) is 19.1 Å². The number of fused-ring (bicyclic) bond motifs is 1. The molecule has 0 aliphatic carbocycles. The van der Waals surface area contributed by atoms with Crippen LogP contribution in [0.4, 0.5) is 10.5 Å². The highest BCUT2D eigenvalue weighted by Crippen LogP contribution is 2.34. The highest BCUT2D eigenvalue weighted by atomic mass is 16.7. The number of hydrogen-bond acceptors (Lipinski definition) is 5. The van der Waals surface area contributed by atoms with E-state index in [1.165, 1.54) is 7.05 Å². The van der Waals surface area contributed by atoms with Crippen molar-refractivity contribution >= 4 is 23.5 Å². The quantitative estimate of drug-likeness (QED) is 0.565. The minimum atomic E-state index is -0.510. The molecule has 9 heteroatoms. The van der Waals surface area contributed by atoms with Crippen molar-refractivity contribution in [1.82, 2.24) is 10.6 Å². The van der Waals surface area contributed by atoms with Gasteiger partial charge in [-0.3, -0.25) is 14.9 Å². The maximum atomic E-state index is 12.5. The Kier molecular flexibility index (Phi) is 5.80. The number of piperidine rings is 1. The van der Waals surface area contributed by atoms with Gasteiger partial charge in [0.25, 0.3) is 5.91 Å². The molecular weight excluding hydrogens is 352 g/mol. The van der Waals surface area contributed by atoms with Crippen LogP contribution in [0.25, 0.3) is 0 Å². The lowest BCUT2D eigenvalue weighted by molar-refractivity contribution is -0.919. The molecule has 2 aliphatic rings. The Bertz CT molecular complexity index is 730. The van der Waals surface area contributed by atoms with E-state index in [4.69, 9.17) is 9.47 Å². The Hall–Kier alpha value is -2.81. The summed E-state index contributed by atoms with van der Waals surface area (Å²) in [5.74, 6) is 0.855. The van der Waals surface area contributed by atoms with Gasteiger partial charge in [-0.25, -0.2) is 4.79 Å². The lowest BCUT2D eigenvalue weighted by Gasteiger charge is -2.31. The minimum absolute atomic E-state index is 0.0321. The SMILES string of the molecule is CNC(=O)NC(=O)[C@H](C)[NH+]1CCC(C(=O)Nc2ccc3c(c2)OCO3)CC1. The molecule has 2 heterocycles. The number of amides is 4. The van der Waals surface area contributed by atoms with Gasteiger partial charge in [0.1, 0.15) is 0 Å². The number of quaternary nitrogens is 1. The lowest BCUT2D eigenvalue weighted by Crippen LogP contribution is -3.17. The standard InChI is InChI=1S/C18H24N4O5/c1-11(16(23)21-18(25)19-2)22-7-5-12(6-8-22)17(24)20-13-3-4-14-15(9-13)27-10-26-14/h3-4,9,11-12H,5-8,10H2,1-2H3,(H,20,24)(H2,19,21,23,25)/p+1/t11-/m0/s1. The van der Waals surface area contributed by atoms with Crippen LogP contribution in [0.2, 0.25) is 0 Å². The molecule has 1 aromatic carbocycles. The summed E-state index contributed by atoms with van der Waals surface area (Å²) in [4.78, 5) is 37.0. The van der Waals surface area contributed by atoms with Crippen LogP contribution in [0.5, 0.6) is 11.5 Å². The highest BCUT2D eigenvalue weighted by Gasteiger charge is 2.33. The molecule has 3 rings (SSSR count). The third kappa shape index (κ3) is 4.48. The molecule has 1 fully saturated rings. The summed E-state index contributed by atoms with van der Waals surface area (Å²) in [6, 6.07) is 4.46. The Morgan fingerprint density at radius 1 is 1.15 bits per heavy atom. The number of rotatable bonds is 4. The van der Waals surface area contributed by atoms with E-state index in [9.17, 15) is 14.4 Å². The molecule has 0 unspecified atom stereocenters. The third-order valence-corrected chi connectivity index (χ3v) is 5.11. The average molecular weight is 377 g/mol. The van der Waals surface area contributed by atoms with Crippen molar-refractivity contribution in [2.24, 2.45) is 5.92 Å². The number of benzene rings is 1. The molecular formula is C18H25N4O5+. The van der Waals surface area contributed by atoms with Crippen LogP contribution in [0, 0.1) is 5.92 Å². The van der Waals surface area contributed by atoms with E-state index in [1.807, 2.05) is 0 Å². The Labute approximate surface area is 157 Å². The zero-order valence-electron chi connectivity index (χ0n) is 15.5. The molecule has 9 nitrogen and oxygen atoms in total. The zero-order valence-corrected chi connectivity index (χ0v) is 15.5. The van der Waals surface area contributed by atoms with Gasteiger partial charge in [0.15, 0.2) is 17.5 Å². The summed E-state index contributed by atoms with van der Waals surface area (Å²) in [5, 5.41) is 7.59. The molecule has 0 bridgehead atoms. The number of carbonyl (C=O) groups is 3. The molecule has 0 aromatic heterocycles. The number of ether oxygens (including phenoxy) is 2. The Balaban J connectivity index is 1.49. The van der Waals surface area contributed by atoms with Crippen LogP contribution >= 0.6 is 0 Å². The summed E-state index contributed by atoms with van der Waals surface area (Å²) in [5.41, 5.74) is 0.678. The first kappa shape index (κ1) is 19.0. The smallest absolute Gasteiger partial charge is 0.321 e. The minimum Gasteiger partial charge on any atom is -0.454 e. The van der Waals surface area contributed by atoms with Crippen molar-refractivity contribution in [2.75, 3.05) is 32.2 Å². The first-order valence-corrected chi connectivity index (χ1v) is 9.05. The van der Waals surface area contributed by atoms with Crippen molar-refractivity contribution in [3.05, 3.63) is 18.2 Å². The second-order valence-corrected chi connectivity index (χ2v) is 6.78. The lowest BCUT2D eigenvalue weighted by atomic mass is 9.94. The van der Waals surface area contributed by atoms with Gasteiger partial charge in [-0.2, -0.15) is 0 Å². The number of imide groups is 1. The molecule has 0 spiro atoms. The van der Waals surface area contributed by atoms with Gasteiger partial charge < -0.3 is 25.0 Å². The maximum absolute atomic E-state index is 12.5. The molecule has 4 N–H and O–H groups in total. The topological polar surface area (TPSA) is 110 Å². The number of urea groups is 1. The fraction of sp³-hybridized carbons (Fsp3) is 0.500. The van der Waals surface area contributed by atoms with Gasteiger partial charge in [0.2, 0.25) is 12.7 Å². The van der Waals surface area contributed by atoms with Gasteiger partial charge in [-0.1, -0.05) is 0 Å². The summed E-state index contributed by atoms with van der Waals surface area (Å²) in [6.45, 7) is 3.38. The van der Waals surface area contributed by atoms with E-state index >= 15 is 0 Å². The van der Waals surface area contributed by atoms with Crippen molar-refractivity contribution < 1.29 is 28.8 Å². The molecule has 0 saturated carbocycles. The van der Waals surface area contributed by atoms with Crippen molar-refractivity contribution in [3.8, 4) is 11.5 Å². The summed E-state index contributed by atoms with van der Waals surface area (Å²) in [6.07, 6.45) is 1.37.